The molecule has 6 heteroatoms. The van der Waals surface area contributed by atoms with Crippen LogP contribution < -0.4 is 0 Å². The molecule has 0 saturated heterocycles. The number of ketones is 1. The Morgan fingerprint density at radius 3 is 2.40 bits per heavy atom. The highest BCUT2D eigenvalue weighted by Gasteiger charge is 2.54. The highest BCUT2D eigenvalue weighted by atomic mass is 16.5. The monoisotopic (exact) mass is 284 g/mol. The van der Waals surface area contributed by atoms with E-state index in [0.29, 0.717) is 6.42 Å². The van der Waals surface area contributed by atoms with Crippen molar-refractivity contribution in [2.75, 3.05) is 14.2 Å². The number of Topliss-reactive ketones (excluding diaryl/α,β-unsaturated/α-hetero) is 1. The van der Waals surface area contributed by atoms with Crippen LogP contribution in [0.1, 0.15) is 39.0 Å². The molecule has 1 aliphatic carbocycles. The Morgan fingerprint density at radius 2 is 1.90 bits per heavy atom. The molecule has 0 aromatic carbocycles. The molecule has 0 fully saturated rings. The number of hydrogen-bond acceptors (Lipinski definition) is 6. The van der Waals surface area contributed by atoms with Gasteiger partial charge in [0.1, 0.15) is 0 Å². The number of unbranched alkanes of at least 4 members (excludes halogenated alkanes) is 2. The third-order valence-electron chi connectivity index (χ3n) is 3.48. The van der Waals surface area contributed by atoms with Gasteiger partial charge in [-0.2, -0.15) is 0 Å². The molecule has 1 N–H and O–H groups in total. The fraction of sp³-hybridized carbons (Fsp3) is 0.643. The van der Waals surface area contributed by atoms with E-state index in [9.17, 15) is 19.5 Å². The molecular weight excluding hydrogens is 264 g/mol. The zero-order valence-corrected chi connectivity index (χ0v) is 12.0. The number of methoxy groups -OCH3 is 2. The smallest absolute Gasteiger partial charge is 0.350 e. The first-order valence-corrected chi connectivity index (χ1v) is 6.58. The molecule has 0 aromatic heterocycles. The highest BCUT2D eigenvalue weighted by Crippen LogP contribution is 2.37. The minimum Gasteiger partial charge on any atom is -0.466 e. The number of aliphatic hydroxyl groups is 1. The van der Waals surface area contributed by atoms with E-state index in [1.54, 1.807) is 0 Å². The molecule has 1 atom stereocenters. The van der Waals surface area contributed by atoms with Crippen molar-refractivity contribution in [3.05, 3.63) is 11.1 Å². The third-order valence-corrected chi connectivity index (χ3v) is 3.48. The van der Waals surface area contributed by atoms with Crippen LogP contribution in [0.4, 0.5) is 0 Å². The third kappa shape index (κ3) is 2.75. The first kappa shape index (κ1) is 16.4. The summed E-state index contributed by atoms with van der Waals surface area (Å²) in [5.74, 6) is -2.48. The van der Waals surface area contributed by atoms with Crippen molar-refractivity contribution in [2.24, 2.45) is 0 Å². The minimum absolute atomic E-state index is 0.0708. The lowest BCUT2D eigenvalue weighted by molar-refractivity contribution is -0.163. The summed E-state index contributed by atoms with van der Waals surface area (Å²) in [5, 5.41) is 10.4. The van der Waals surface area contributed by atoms with Crippen molar-refractivity contribution in [1.82, 2.24) is 0 Å². The number of ether oxygens (including phenoxy) is 2. The number of esters is 2. The number of hydrogen-bond donors (Lipinski definition) is 1. The van der Waals surface area contributed by atoms with Crippen LogP contribution in [-0.4, -0.2) is 42.6 Å². The summed E-state index contributed by atoms with van der Waals surface area (Å²) in [4.78, 5) is 35.4. The Labute approximate surface area is 117 Å². The van der Waals surface area contributed by atoms with E-state index < -0.39 is 23.3 Å². The molecule has 0 bridgehead atoms. The first-order chi connectivity index (χ1) is 9.43. The van der Waals surface area contributed by atoms with E-state index in [4.69, 9.17) is 0 Å². The molecule has 112 valence electrons. The zero-order valence-electron chi connectivity index (χ0n) is 12.0. The normalized spacial score (nSPS) is 22.1. The standard InChI is InChI=1S/C14H20O6/c1-4-5-6-7-10-9(12(16)19-2)8-11(15)14(10,18)13(17)20-3/h18H,4-8H2,1-3H3. The molecular formula is C14H20O6. The summed E-state index contributed by atoms with van der Waals surface area (Å²) in [6.45, 7) is 2.00. The lowest BCUT2D eigenvalue weighted by Gasteiger charge is -2.22. The number of carbonyl (C=O) groups is 3. The Hall–Kier alpha value is -1.69. The molecule has 6 nitrogen and oxygen atoms in total. The summed E-state index contributed by atoms with van der Waals surface area (Å²) in [6, 6.07) is 0. The summed E-state index contributed by atoms with van der Waals surface area (Å²) in [5.41, 5.74) is -2.15. The van der Waals surface area contributed by atoms with E-state index in [1.807, 2.05) is 6.92 Å². The van der Waals surface area contributed by atoms with E-state index in [0.717, 1.165) is 20.0 Å². The van der Waals surface area contributed by atoms with Crippen molar-refractivity contribution in [2.45, 2.75) is 44.6 Å². The number of rotatable bonds is 6. The van der Waals surface area contributed by atoms with Crippen molar-refractivity contribution >= 4 is 17.7 Å². The predicted octanol–water partition coefficient (Wildman–Crippen LogP) is 0.913. The molecule has 0 radical (unpaired) electrons. The Bertz CT molecular complexity index is 451. The fourth-order valence-corrected chi connectivity index (χ4v) is 2.37. The average Bonchev–Trinajstić information content (AvgIpc) is 2.71. The molecule has 0 aliphatic heterocycles. The maximum atomic E-state index is 12.0. The van der Waals surface area contributed by atoms with Crippen LogP contribution in [0.25, 0.3) is 0 Å². The Balaban J connectivity index is 3.20. The van der Waals surface area contributed by atoms with Gasteiger partial charge in [-0.25, -0.2) is 9.59 Å². The van der Waals surface area contributed by atoms with Gasteiger partial charge in [0, 0.05) is 12.0 Å². The topological polar surface area (TPSA) is 89.9 Å². The van der Waals surface area contributed by atoms with Gasteiger partial charge in [0.2, 0.25) is 5.60 Å². The van der Waals surface area contributed by atoms with E-state index in [2.05, 4.69) is 9.47 Å². The van der Waals surface area contributed by atoms with Gasteiger partial charge in [-0.3, -0.25) is 4.79 Å². The van der Waals surface area contributed by atoms with Crippen molar-refractivity contribution < 1.29 is 29.0 Å². The van der Waals surface area contributed by atoms with Crippen LogP contribution >= 0.6 is 0 Å². The van der Waals surface area contributed by atoms with Crippen LogP contribution in [0.5, 0.6) is 0 Å². The minimum atomic E-state index is -2.34. The van der Waals surface area contributed by atoms with Gasteiger partial charge in [-0.15, -0.1) is 0 Å². The van der Waals surface area contributed by atoms with Gasteiger partial charge in [-0.1, -0.05) is 19.8 Å². The summed E-state index contributed by atoms with van der Waals surface area (Å²) < 4.78 is 9.12. The van der Waals surface area contributed by atoms with Crippen LogP contribution in [0, 0.1) is 0 Å². The largest absolute Gasteiger partial charge is 0.466 e. The van der Waals surface area contributed by atoms with Crippen LogP contribution in [0.2, 0.25) is 0 Å². The van der Waals surface area contributed by atoms with Crippen molar-refractivity contribution in [3.8, 4) is 0 Å². The van der Waals surface area contributed by atoms with E-state index in [-0.39, 0.29) is 24.0 Å². The van der Waals surface area contributed by atoms with Gasteiger partial charge in [0.15, 0.2) is 5.78 Å². The lowest BCUT2D eigenvalue weighted by atomic mass is 9.90. The molecule has 0 spiro atoms. The van der Waals surface area contributed by atoms with Crippen molar-refractivity contribution in [1.29, 1.82) is 0 Å². The second kappa shape index (κ2) is 6.65. The van der Waals surface area contributed by atoms with E-state index in [1.165, 1.54) is 7.11 Å². The molecule has 0 amide bonds. The maximum absolute atomic E-state index is 12.0. The Kier molecular flexibility index (Phi) is 5.44. The van der Waals surface area contributed by atoms with Crippen LogP contribution in [0.15, 0.2) is 11.1 Å². The van der Waals surface area contributed by atoms with E-state index >= 15 is 0 Å². The van der Waals surface area contributed by atoms with Gasteiger partial charge in [0.25, 0.3) is 0 Å². The summed E-state index contributed by atoms with van der Waals surface area (Å²) >= 11 is 0. The molecule has 1 rings (SSSR count). The van der Waals surface area contributed by atoms with Crippen molar-refractivity contribution in [3.63, 3.8) is 0 Å². The van der Waals surface area contributed by atoms with Gasteiger partial charge < -0.3 is 14.6 Å². The molecule has 1 unspecified atom stereocenters. The Morgan fingerprint density at radius 1 is 1.25 bits per heavy atom. The first-order valence-electron chi connectivity index (χ1n) is 6.58. The lowest BCUT2D eigenvalue weighted by Crippen LogP contribution is -2.46. The van der Waals surface area contributed by atoms with Crippen LogP contribution in [0.3, 0.4) is 0 Å². The molecule has 1 aliphatic rings. The summed E-state index contributed by atoms with van der Waals surface area (Å²) in [7, 11) is 2.28. The van der Waals surface area contributed by atoms with Gasteiger partial charge in [0.05, 0.1) is 14.2 Å². The summed E-state index contributed by atoms with van der Waals surface area (Å²) in [6.07, 6.45) is 2.45. The van der Waals surface area contributed by atoms with Gasteiger partial charge in [-0.05, 0) is 18.4 Å². The second-order valence-electron chi connectivity index (χ2n) is 4.71. The molecule has 0 heterocycles. The van der Waals surface area contributed by atoms with Gasteiger partial charge >= 0.3 is 11.9 Å². The zero-order chi connectivity index (χ0) is 15.3. The fourth-order valence-electron chi connectivity index (χ4n) is 2.37. The average molecular weight is 284 g/mol. The molecule has 0 aromatic rings. The predicted molar refractivity (Wildman–Crippen MR) is 69.8 cm³/mol. The second-order valence-corrected chi connectivity index (χ2v) is 4.71. The highest BCUT2D eigenvalue weighted by molar-refractivity contribution is 6.17. The SMILES string of the molecule is CCCCCC1=C(C(=O)OC)CC(=O)C1(O)C(=O)OC. The molecule has 0 saturated carbocycles. The van der Waals surface area contributed by atoms with Crippen LogP contribution in [-0.2, 0) is 23.9 Å². The quantitative estimate of drug-likeness (QED) is 0.443. The number of carbonyl (C=O) groups excluding carboxylic acids is 3. The molecule has 20 heavy (non-hydrogen) atoms. The maximum Gasteiger partial charge on any atom is 0.350 e.